The van der Waals surface area contributed by atoms with Gasteiger partial charge in [0.2, 0.25) is 11.8 Å². The highest BCUT2D eigenvalue weighted by atomic mass is 35.5. The summed E-state index contributed by atoms with van der Waals surface area (Å²) in [5.74, 6) is 0.797. The number of benzene rings is 3. The van der Waals surface area contributed by atoms with Crippen LogP contribution in [0.1, 0.15) is 16.7 Å². The average molecular weight is 437 g/mol. The molecule has 0 atom stereocenters. The summed E-state index contributed by atoms with van der Waals surface area (Å²) < 4.78 is 6.01. The van der Waals surface area contributed by atoms with Crippen molar-refractivity contribution in [1.82, 2.24) is 4.98 Å². The van der Waals surface area contributed by atoms with Crippen LogP contribution in [-0.2, 0) is 4.79 Å². The number of halogens is 1. The van der Waals surface area contributed by atoms with E-state index in [1.54, 1.807) is 0 Å². The Labute approximate surface area is 184 Å². The molecule has 4 aromatic rings. The molecular weight excluding hydrogens is 416 g/mol. The van der Waals surface area contributed by atoms with Gasteiger partial charge >= 0.3 is 0 Å². The normalized spacial score (nSPS) is 11.1. The van der Waals surface area contributed by atoms with E-state index in [1.807, 2.05) is 61.5 Å². The quantitative estimate of drug-likeness (QED) is 0.349. The molecule has 0 fully saturated rings. The van der Waals surface area contributed by atoms with Gasteiger partial charge in [0.25, 0.3) is 0 Å². The van der Waals surface area contributed by atoms with Crippen LogP contribution in [0, 0.1) is 20.8 Å². The second-order valence-corrected chi connectivity index (χ2v) is 8.68. The molecule has 3 aromatic carbocycles. The molecule has 30 heavy (non-hydrogen) atoms. The predicted molar refractivity (Wildman–Crippen MR) is 124 cm³/mol. The van der Waals surface area contributed by atoms with Gasteiger partial charge in [0.15, 0.2) is 5.58 Å². The molecule has 1 amide bonds. The smallest absolute Gasteiger partial charge is 0.234 e. The Kier molecular flexibility index (Phi) is 5.84. The van der Waals surface area contributed by atoms with Crippen LogP contribution >= 0.6 is 23.4 Å². The standard InChI is InChI=1S/C24H21ClN2O2S/c1-14-11-21-22(12-15(14)2)29-24(27-21)19-5-4-6-20(16(19)3)26-23(28)13-30-18-9-7-17(25)8-10-18/h4-12H,13H2,1-3H3,(H,26,28). The summed E-state index contributed by atoms with van der Waals surface area (Å²) in [6.45, 7) is 6.08. The van der Waals surface area contributed by atoms with Crippen LogP contribution in [0.2, 0.25) is 5.02 Å². The summed E-state index contributed by atoms with van der Waals surface area (Å²) in [6, 6.07) is 17.2. The monoisotopic (exact) mass is 436 g/mol. The van der Waals surface area contributed by atoms with Gasteiger partial charge in [0.05, 0.1) is 5.75 Å². The molecule has 1 aromatic heterocycles. The van der Waals surface area contributed by atoms with Gasteiger partial charge in [0, 0.05) is 21.2 Å². The maximum Gasteiger partial charge on any atom is 0.234 e. The number of rotatable bonds is 5. The van der Waals surface area contributed by atoms with Crippen molar-refractivity contribution in [3.05, 3.63) is 76.3 Å². The third-order valence-electron chi connectivity index (χ3n) is 5.03. The summed E-state index contributed by atoms with van der Waals surface area (Å²) in [4.78, 5) is 18.1. The second-order valence-electron chi connectivity index (χ2n) is 7.19. The molecule has 1 N–H and O–H groups in total. The molecular formula is C24H21ClN2O2S. The van der Waals surface area contributed by atoms with Crippen LogP contribution in [0.4, 0.5) is 5.69 Å². The van der Waals surface area contributed by atoms with Crippen LogP contribution < -0.4 is 5.32 Å². The Morgan fingerprint density at radius 1 is 1.07 bits per heavy atom. The molecule has 0 aliphatic rings. The minimum Gasteiger partial charge on any atom is -0.436 e. The van der Waals surface area contributed by atoms with Gasteiger partial charge in [-0.15, -0.1) is 11.8 Å². The molecule has 0 spiro atoms. The van der Waals surface area contributed by atoms with E-state index in [4.69, 9.17) is 16.0 Å². The number of carbonyl (C=O) groups excluding carboxylic acids is 1. The van der Waals surface area contributed by atoms with Crippen molar-refractivity contribution in [2.75, 3.05) is 11.1 Å². The lowest BCUT2D eigenvalue weighted by Crippen LogP contribution is -2.15. The molecule has 0 saturated carbocycles. The minimum absolute atomic E-state index is 0.0704. The van der Waals surface area contributed by atoms with Gasteiger partial charge < -0.3 is 9.73 Å². The van der Waals surface area contributed by atoms with Crippen LogP contribution in [0.5, 0.6) is 0 Å². The highest BCUT2D eigenvalue weighted by Crippen LogP contribution is 2.31. The van der Waals surface area contributed by atoms with Crippen LogP contribution in [0.3, 0.4) is 0 Å². The largest absolute Gasteiger partial charge is 0.436 e. The number of hydrogen-bond donors (Lipinski definition) is 1. The van der Waals surface area contributed by atoms with Gasteiger partial charge in [-0.2, -0.15) is 0 Å². The van der Waals surface area contributed by atoms with Crippen LogP contribution in [0.15, 0.2) is 63.9 Å². The van der Waals surface area contributed by atoms with E-state index in [9.17, 15) is 4.79 Å². The van der Waals surface area contributed by atoms with Gasteiger partial charge in [0.1, 0.15) is 5.52 Å². The summed E-state index contributed by atoms with van der Waals surface area (Å²) in [5.41, 5.74) is 6.48. The molecule has 0 bridgehead atoms. The summed E-state index contributed by atoms with van der Waals surface area (Å²) in [6.07, 6.45) is 0. The third kappa shape index (κ3) is 4.37. The highest BCUT2D eigenvalue weighted by Gasteiger charge is 2.15. The number of oxazole rings is 1. The van der Waals surface area contributed by atoms with E-state index >= 15 is 0 Å². The van der Waals surface area contributed by atoms with Crippen molar-refractivity contribution in [1.29, 1.82) is 0 Å². The van der Waals surface area contributed by atoms with Gasteiger partial charge in [-0.3, -0.25) is 4.79 Å². The Morgan fingerprint density at radius 3 is 2.57 bits per heavy atom. The van der Waals surface area contributed by atoms with Crippen LogP contribution in [-0.4, -0.2) is 16.6 Å². The molecule has 1 heterocycles. The first-order chi connectivity index (χ1) is 14.4. The zero-order valence-corrected chi connectivity index (χ0v) is 18.5. The van der Waals surface area contributed by atoms with Crippen molar-refractivity contribution in [3.63, 3.8) is 0 Å². The summed E-state index contributed by atoms with van der Waals surface area (Å²) >= 11 is 7.37. The first-order valence-electron chi connectivity index (χ1n) is 9.57. The van der Waals surface area contributed by atoms with Crippen molar-refractivity contribution in [2.45, 2.75) is 25.7 Å². The number of thioether (sulfide) groups is 1. The summed E-state index contributed by atoms with van der Waals surface area (Å²) in [7, 11) is 0. The molecule has 4 nitrogen and oxygen atoms in total. The Hall–Kier alpha value is -2.76. The number of carbonyl (C=O) groups is 1. The fourth-order valence-corrected chi connectivity index (χ4v) is 3.99. The summed E-state index contributed by atoms with van der Waals surface area (Å²) in [5, 5.41) is 3.68. The lowest BCUT2D eigenvalue weighted by atomic mass is 10.1. The molecule has 0 aliphatic heterocycles. The van der Waals surface area contributed by atoms with Gasteiger partial charge in [-0.05, 0) is 86.0 Å². The lowest BCUT2D eigenvalue weighted by Gasteiger charge is -2.11. The van der Waals surface area contributed by atoms with E-state index in [1.165, 1.54) is 22.9 Å². The predicted octanol–water partition coefficient (Wildman–Crippen LogP) is 6.80. The topological polar surface area (TPSA) is 55.1 Å². The fourth-order valence-electron chi connectivity index (χ4n) is 3.16. The average Bonchev–Trinajstić information content (AvgIpc) is 3.12. The molecule has 0 radical (unpaired) electrons. The molecule has 0 saturated heterocycles. The molecule has 0 unspecified atom stereocenters. The number of nitrogens with zero attached hydrogens (tertiary/aromatic N) is 1. The Balaban J connectivity index is 1.52. The zero-order chi connectivity index (χ0) is 21.3. The first kappa shape index (κ1) is 20.5. The molecule has 4 rings (SSSR count). The second kappa shape index (κ2) is 8.54. The number of fused-ring (bicyclic) bond motifs is 1. The number of anilines is 1. The van der Waals surface area contributed by atoms with Crippen molar-refractivity contribution < 1.29 is 9.21 Å². The number of aryl methyl sites for hydroxylation is 2. The molecule has 6 heteroatoms. The SMILES string of the molecule is Cc1cc2nc(-c3cccc(NC(=O)CSc4ccc(Cl)cc4)c3C)oc2cc1C. The lowest BCUT2D eigenvalue weighted by molar-refractivity contribution is -0.113. The molecule has 152 valence electrons. The van der Waals surface area contributed by atoms with Gasteiger partial charge in [-0.25, -0.2) is 4.98 Å². The number of hydrogen-bond acceptors (Lipinski definition) is 4. The van der Waals surface area contributed by atoms with Crippen molar-refractivity contribution in [2.24, 2.45) is 0 Å². The fraction of sp³-hybridized carbons (Fsp3) is 0.167. The zero-order valence-electron chi connectivity index (χ0n) is 17.0. The van der Waals surface area contributed by atoms with Crippen LogP contribution in [0.25, 0.3) is 22.6 Å². The Morgan fingerprint density at radius 2 is 1.80 bits per heavy atom. The minimum atomic E-state index is -0.0704. The number of amides is 1. The Bertz CT molecular complexity index is 1190. The van der Waals surface area contributed by atoms with E-state index in [-0.39, 0.29) is 5.91 Å². The van der Waals surface area contributed by atoms with Gasteiger partial charge in [-0.1, -0.05) is 17.7 Å². The van der Waals surface area contributed by atoms with E-state index < -0.39 is 0 Å². The maximum atomic E-state index is 12.5. The third-order valence-corrected chi connectivity index (χ3v) is 6.29. The van der Waals surface area contributed by atoms with Crippen molar-refractivity contribution in [3.8, 4) is 11.5 Å². The number of nitrogens with one attached hydrogen (secondary N) is 1. The maximum absolute atomic E-state index is 12.5. The van der Waals surface area contributed by atoms with Crippen molar-refractivity contribution >= 4 is 46.1 Å². The van der Waals surface area contributed by atoms with E-state index in [0.29, 0.717) is 16.7 Å². The first-order valence-corrected chi connectivity index (χ1v) is 10.9. The molecule has 0 aliphatic carbocycles. The number of aromatic nitrogens is 1. The van der Waals surface area contributed by atoms with E-state index in [2.05, 4.69) is 24.1 Å². The highest BCUT2D eigenvalue weighted by molar-refractivity contribution is 8.00. The van der Waals surface area contributed by atoms with E-state index in [0.717, 1.165) is 32.8 Å².